The fourth-order valence-corrected chi connectivity index (χ4v) is 2.24. The Bertz CT molecular complexity index is 745. The van der Waals surface area contributed by atoms with Crippen LogP contribution in [0, 0.1) is 5.82 Å². The third kappa shape index (κ3) is 4.75. The van der Waals surface area contributed by atoms with E-state index in [0.717, 1.165) is 5.56 Å². The van der Waals surface area contributed by atoms with Crippen LogP contribution in [0.5, 0.6) is 11.5 Å². The van der Waals surface area contributed by atoms with Crippen molar-refractivity contribution in [1.29, 1.82) is 0 Å². The minimum atomic E-state index is -2.71. The van der Waals surface area contributed by atoms with Gasteiger partial charge in [0.15, 0.2) is 0 Å². The van der Waals surface area contributed by atoms with Crippen molar-refractivity contribution in [1.82, 2.24) is 0 Å². The second-order valence-electron chi connectivity index (χ2n) is 5.36. The molecule has 2 aromatic rings. The highest BCUT2D eigenvalue weighted by Crippen LogP contribution is 2.32. The number of carbonyl (C=O) groups excluding carboxylic acids is 1. The topological polar surface area (TPSA) is 35.5 Å². The van der Waals surface area contributed by atoms with Crippen LogP contribution in [0.1, 0.15) is 43.4 Å². The molecule has 25 heavy (non-hydrogen) atoms. The molecule has 6 heteroatoms. The van der Waals surface area contributed by atoms with Crippen molar-refractivity contribution in [3.63, 3.8) is 0 Å². The first-order valence-corrected chi connectivity index (χ1v) is 7.98. The van der Waals surface area contributed by atoms with Crippen LogP contribution in [-0.2, 0) is 17.8 Å². The molecule has 0 heterocycles. The van der Waals surface area contributed by atoms with Crippen molar-refractivity contribution in [3.8, 4) is 11.5 Å². The monoisotopic (exact) mass is 352 g/mol. The Balaban J connectivity index is 2.26. The molecule has 0 aliphatic rings. The Morgan fingerprint density at radius 3 is 2.52 bits per heavy atom. The smallest absolute Gasteiger partial charge is 0.310 e. The zero-order valence-corrected chi connectivity index (χ0v) is 14.0. The van der Waals surface area contributed by atoms with Gasteiger partial charge in [0.05, 0.1) is 11.1 Å². The van der Waals surface area contributed by atoms with Gasteiger partial charge in [-0.3, -0.25) is 4.79 Å². The number of halogens is 3. The van der Waals surface area contributed by atoms with Gasteiger partial charge in [0, 0.05) is 6.42 Å². The normalized spacial score (nSPS) is 10.8. The first-order chi connectivity index (χ1) is 12.0. The minimum absolute atomic E-state index is 0.00378. The lowest BCUT2D eigenvalue weighted by molar-refractivity contribution is -0.134. The zero-order chi connectivity index (χ0) is 18.4. The molecule has 0 bridgehead atoms. The van der Waals surface area contributed by atoms with E-state index in [9.17, 15) is 18.0 Å². The molecular formula is C19H19F3O3. The fourth-order valence-electron chi connectivity index (χ4n) is 2.24. The molecule has 0 aromatic heterocycles. The maximum atomic E-state index is 14.1. The number of rotatable bonds is 7. The summed E-state index contributed by atoms with van der Waals surface area (Å²) in [7, 11) is 0. The molecule has 0 saturated heterocycles. The molecule has 0 aliphatic heterocycles. The van der Waals surface area contributed by atoms with Gasteiger partial charge in [0.1, 0.15) is 23.9 Å². The third-order valence-electron chi connectivity index (χ3n) is 3.68. The largest absolute Gasteiger partial charge is 0.488 e. The van der Waals surface area contributed by atoms with Crippen molar-refractivity contribution in [2.24, 2.45) is 0 Å². The Morgan fingerprint density at radius 1 is 1.12 bits per heavy atom. The summed E-state index contributed by atoms with van der Waals surface area (Å²) < 4.78 is 51.0. The minimum Gasteiger partial charge on any atom is -0.488 e. The van der Waals surface area contributed by atoms with Crippen molar-refractivity contribution in [3.05, 3.63) is 58.9 Å². The van der Waals surface area contributed by atoms with Gasteiger partial charge in [0.2, 0.25) is 0 Å². The lowest BCUT2D eigenvalue weighted by Crippen LogP contribution is -2.10. The van der Waals surface area contributed by atoms with Gasteiger partial charge in [-0.25, -0.2) is 13.2 Å². The van der Waals surface area contributed by atoms with Crippen LogP contribution in [0.4, 0.5) is 13.2 Å². The van der Waals surface area contributed by atoms with E-state index in [0.29, 0.717) is 6.42 Å². The van der Waals surface area contributed by atoms with Crippen LogP contribution in [-0.4, -0.2) is 5.97 Å². The van der Waals surface area contributed by atoms with Gasteiger partial charge >= 0.3 is 5.97 Å². The number of benzene rings is 2. The van der Waals surface area contributed by atoms with E-state index >= 15 is 0 Å². The van der Waals surface area contributed by atoms with Gasteiger partial charge in [-0.2, -0.15) is 0 Å². The standard InChI is InChI=1S/C19H19F3O3/c1-3-12-8-9-16(13(10-12)19(21)22)24-11-14-15(20)6-5-7-17(14)25-18(23)4-2/h5-10,19H,3-4,11H2,1-2H3. The number of esters is 1. The molecule has 0 N–H and O–H groups in total. The van der Waals surface area contributed by atoms with E-state index in [4.69, 9.17) is 9.47 Å². The summed E-state index contributed by atoms with van der Waals surface area (Å²) in [6.07, 6.45) is -1.96. The molecule has 0 spiro atoms. The second kappa shape index (κ2) is 8.55. The summed E-state index contributed by atoms with van der Waals surface area (Å²) in [5.41, 5.74) is 0.512. The van der Waals surface area contributed by atoms with Crippen LogP contribution in [0.3, 0.4) is 0 Å². The quantitative estimate of drug-likeness (QED) is 0.506. The van der Waals surface area contributed by atoms with Gasteiger partial charge < -0.3 is 9.47 Å². The van der Waals surface area contributed by atoms with E-state index in [2.05, 4.69) is 0 Å². The van der Waals surface area contributed by atoms with Gasteiger partial charge in [-0.1, -0.05) is 26.0 Å². The summed E-state index contributed by atoms with van der Waals surface area (Å²) in [6.45, 7) is 3.14. The average Bonchev–Trinajstić information content (AvgIpc) is 2.60. The number of ether oxygens (including phenoxy) is 2. The number of aryl methyl sites for hydroxylation is 1. The molecular weight excluding hydrogens is 333 g/mol. The zero-order valence-electron chi connectivity index (χ0n) is 14.0. The molecule has 0 saturated carbocycles. The second-order valence-corrected chi connectivity index (χ2v) is 5.36. The van der Waals surface area contributed by atoms with Crippen LogP contribution in [0.15, 0.2) is 36.4 Å². The van der Waals surface area contributed by atoms with Crippen LogP contribution in [0.25, 0.3) is 0 Å². The molecule has 2 aromatic carbocycles. The predicted octanol–water partition coefficient (Wildman–Crippen LogP) is 5.22. The number of alkyl halides is 2. The maximum absolute atomic E-state index is 14.1. The molecule has 0 atom stereocenters. The summed E-state index contributed by atoms with van der Waals surface area (Å²) in [5.74, 6) is -1.16. The first-order valence-electron chi connectivity index (χ1n) is 7.98. The van der Waals surface area contributed by atoms with E-state index in [1.54, 1.807) is 13.0 Å². The lowest BCUT2D eigenvalue weighted by Gasteiger charge is -2.15. The number of hydrogen-bond acceptors (Lipinski definition) is 3. The fraction of sp³-hybridized carbons (Fsp3) is 0.316. The van der Waals surface area contributed by atoms with Crippen molar-refractivity contribution >= 4 is 5.97 Å². The van der Waals surface area contributed by atoms with Crippen molar-refractivity contribution in [2.45, 2.75) is 39.7 Å². The van der Waals surface area contributed by atoms with Gasteiger partial charge in [0.25, 0.3) is 6.43 Å². The Hall–Kier alpha value is -2.50. The molecule has 0 fully saturated rings. The molecule has 0 unspecified atom stereocenters. The van der Waals surface area contributed by atoms with E-state index in [1.165, 1.54) is 30.3 Å². The summed E-state index contributed by atoms with van der Waals surface area (Å²) >= 11 is 0. The Labute approximate surface area is 144 Å². The van der Waals surface area contributed by atoms with E-state index < -0.39 is 18.2 Å². The van der Waals surface area contributed by atoms with Crippen molar-refractivity contribution in [2.75, 3.05) is 0 Å². The number of carbonyl (C=O) groups is 1. The molecule has 0 amide bonds. The average molecular weight is 352 g/mol. The van der Waals surface area contributed by atoms with E-state index in [-0.39, 0.29) is 35.7 Å². The summed E-state index contributed by atoms with van der Waals surface area (Å²) in [4.78, 5) is 11.4. The summed E-state index contributed by atoms with van der Waals surface area (Å²) in [6, 6.07) is 8.52. The summed E-state index contributed by atoms with van der Waals surface area (Å²) in [5, 5.41) is 0. The van der Waals surface area contributed by atoms with Crippen molar-refractivity contribution < 1.29 is 27.4 Å². The number of hydrogen-bond donors (Lipinski definition) is 0. The molecule has 0 aliphatic carbocycles. The molecule has 0 radical (unpaired) electrons. The van der Waals surface area contributed by atoms with Gasteiger partial charge in [-0.05, 0) is 36.2 Å². The maximum Gasteiger partial charge on any atom is 0.310 e. The predicted molar refractivity (Wildman–Crippen MR) is 87.4 cm³/mol. The SMILES string of the molecule is CCC(=O)Oc1cccc(F)c1COc1ccc(CC)cc1C(F)F. The van der Waals surface area contributed by atoms with E-state index in [1.807, 2.05) is 6.92 Å². The highest BCUT2D eigenvalue weighted by molar-refractivity contribution is 5.72. The Kier molecular flexibility index (Phi) is 6.44. The van der Waals surface area contributed by atoms with Crippen LogP contribution >= 0.6 is 0 Å². The highest BCUT2D eigenvalue weighted by Gasteiger charge is 2.17. The highest BCUT2D eigenvalue weighted by atomic mass is 19.3. The molecule has 2 rings (SSSR count). The van der Waals surface area contributed by atoms with Gasteiger partial charge in [-0.15, -0.1) is 0 Å². The molecule has 3 nitrogen and oxygen atoms in total. The lowest BCUT2D eigenvalue weighted by atomic mass is 10.1. The molecule has 134 valence electrons. The van der Waals surface area contributed by atoms with Crippen LogP contribution in [0.2, 0.25) is 0 Å². The third-order valence-corrected chi connectivity index (χ3v) is 3.68. The van der Waals surface area contributed by atoms with Crippen LogP contribution < -0.4 is 9.47 Å². The first kappa shape index (κ1) is 18.8. The Morgan fingerprint density at radius 2 is 1.88 bits per heavy atom.